The second-order valence-corrected chi connectivity index (χ2v) is 2.03. The highest BCUT2D eigenvalue weighted by atomic mass is 16.5. The number of rotatable bonds is 3. The number of hydrogen-bond donors (Lipinski definition) is 0. The first kappa shape index (κ1) is 8.33. The highest BCUT2D eigenvalue weighted by Gasteiger charge is 2.11. The molecule has 0 atom stereocenters. The molecular weight excluding hydrogens is 156 g/mol. The van der Waals surface area contributed by atoms with Crippen LogP contribution in [0.3, 0.4) is 0 Å². The standard InChI is InChI=1S/C9H8O3/c1-3-11-9(10)7(2)8-5-4-6-12-8/h3-6H,1-2H2. The molecule has 3 heteroatoms. The van der Waals surface area contributed by atoms with E-state index in [-0.39, 0.29) is 5.57 Å². The first-order chi connectivity index (χ1) is 5.75. The molecule has 0 N–H and O–H groups in total. The molecule has 0 aliphatic carbocycles. The molecule has 62 valence electrons. The monoisotopic (exact) mass is 164 g/mol. The fourth-order valence-electron chi connectivity index (χ4n) is 0.698. The van der Waals surface area contributed by atoms with Crippen LogP contribution in [0.1, 0.15) is 5.76 Å². The molecule has 0 unspecified atom stereocenters. The average Bonchev–Trinajstić information content (AvgIpc) is 2.55. The molecular formula is C9H8O3. The molecule has 1 aromatic heterocycles. The summed E-state index contributed by atoms with van der Waals surface area (Å²) in [5.41, 5.74) is 0.180. The van der Waals surface area contributed by atoms with Crippen LogP contribution in [0, 0.1) is 0 Å². The normalized spacial score (nSPS) is 9.00. The van der Waals surface area contributed by atoms with Crippen molar-refractivity contribution in [1.82, 2.24) is 0 Å². The molecule has 1 aromatic rings. The zero-order chi connectivity index (χ0) is 8.97. The Balaban J connectivity index is 2.72. The van der Waals surface area contributed by atoms with E-state index in [1.165, 1.54) is 6.26 Å². The van der Waals surface area contributed by atoms with Crippen molar-refractivity contribution >= 4 is 11.5 Å². The number of ether oxygens (including phenoxy) is 1. The number of hydrogen-bond acceptors (Lipinski definition) is 3. The van der Waals surface area contributed by atoms with Crippen molar-refractivity contribution in [2.24, 2.45) is 0 Å². The van der Waals surface area contributed by atoms with Crippen molar-refractivity contribution in [2.75, 3.05) is 0 Å². The molecule has 0 fully saturated rings. The maximum Gasteiger partial charge on any atom is 0.346 e. The molecule has 1 heterocycles. The fraction of sp³-hybridized carbons (Fsp3) is 0. The summed E-state index contributed by atoms with van der Waals surface area (Å²) in [5.74, 6) is -0.151. The summed E-state index contributed by atoms with van der Waals surface area (Å²) in [6.07, 6.45) is 2.51. The molecule has 0 aliphatic rings. The minimum Gasteiger partial charge on any atom is -0.464 e. The number of esters is 1. The molecule has 3 nitrogen and oxygen atoms in total. The molecule has 0 saturated heterocycles. The van der Waals surface area contributed by atoms with E-state index >= 15 is 0 Å². The molecule has 1 rings (SSSR count). The van der Waals surface area contributed by atoms with Gasteiger partial charge in [-0.15, -0.1) is 0 Å². The van der Waals surface area contributed by atoms with Gasteiger partial charge in [-0.1, -0.05) is 13.2 Å². The van der Waals surface area contributed by atoms with Crippen molar-refractivity contribution in [3.05, 3.63) is 43.6 Å². The van der Waals surface area contributed by atoms with Crippen LogP contribution in [0.15, 0.2) is 42.2 Å². The first-order valence-electron chi connectivity index (χ1n) is 3.30. The predicted octanol–water partition coefficient (Wildman–Crippen LogP) is 1.98. The largest absolute Gasteiger partial charge is 0.464 e. The third-order valence-corrected chi connectivity index (χ3v) is 1.26. The summed E-state index contributed by atoms with van der Waals surface area (Å²) in [5, 5.41) is 0. The summed E-state index contributed by atoms with van der Waals surface area (Å²) in [7, 11) is 0. The summed E-state index contributed by atoms with van der Waals surface area (Å²) in [6, 6.07) is 3.30. The van der Waals surface area contributed by atoms with Crippen LogP contribution < -0.4 is 0 Å². The highest BCUT2D eigenvalue weighted by molar-refractivity contribution is 6.14. The molecule has 0 spiro atoms. The van der Waals surface area contributed by atoms with Gasteiger partial charge in [-0.25, -0.2) is 4.79 Å². The quantitative estimate of drug-likeness (QED) is 0.389. The second kappa shape index (κ2) is 3.57. The zero-order valence-electron chi connectivity index (χ0n) is 6.45. The van der Waals surface area contributed by atoms with E-state index in [4.69, 9.17) is 4.42 Å². The lowest BCUT2D eigenvalue weighted by Crippen LogP contribution is -2.00. The van der Waals surface area contributed by atoms with Crippen LogP contribution in [-0.2, 0) is 9.53 Å². The molecule has 0 amide bonds. The van der Waals surface area contributed by atoms with Crippen molar-refractivity contribution in [1.29, 1.82) is 0 Å². The van der Waals surface area contributed by atoms with Crippen LogP contribution in [0.4, 0.5) is 0 Å². The molecule has 0 aliphatic heterocycles. The zero-order valence-corrected chi connectivity index (χ0v) is 6.45. The first-order valence-corrected chi connectivity index (χ1v) is 3.30. The Hall–Kier alpha value is -1.77. The Kier molecular flexibility index (Phi) is 2.48. The minimum absolute atomic E-state index is 0.180. The lowest BCUT2D eigenvalue weighted by Gasteiger charge is -1.98. The van der Waals surface area contributed by atoms with E-state index in [0.29, 0.717) is 5.76 Å². The Labute approximate surface area is 69.9 Å². The summed E-state index contributed by atoms with van der Waals surface area (Å²) in [4.78, 5) is 11.0. The summed E-state index contributed by atoms with van der Waals surface area (Å²) >= 11 is 0. The lowest BCUT2D eigenvalue weighted by atomic mass is 10.2. The van der Waals surface area contributed by atoms with E-state index in [1.54, 1.807) is 12.1 Å². The SMILES string of the molecule is C=COC(=O)C(=C)c1ccco1. The topological polar surface area (TPSA) is 39.4 Å². The van der Waals surface area contributed by atoms with Gasteiger partial charge in [0.2, 0.25) is 0 Å². The third kappa shape index (κ3) is 1.63. The van der Waals surface area contributed by atoms with Crippen LogP contribution in [0.2, 0.25) is 0 Å². The maximum atomic E-state index is 11.0. The number of furan rings is 1. The van der Waals surface area contributed by atoms with Gasteiger partial charge in [0.05, 0.1) is 18.1 Å². The summed E-state index contributed by atoms with van der Waals surface area (Å²) in [6.45, 7) is 6.75. The minimum atomic E-state index is -0.556. The average molecular weight is 164 g/mol. The van der Waals surface area contributed by atoms with E-state index in [2.05, 4.69) is 17.9 Å². The van der Waals surface area contributed by atoms with E-state index in [1.807, 2.05) is 0 Å². The van der Waals surface area contributed by atoms with Crippen LogP contribution in [0.25, 0.3) is 5.57 Å². The van der Waals surface area contributed by atoms with Crippen molar-refractivity contribution in [2.45, 2.75) is 0 Å². The van der Waals surface area contributed by atoms with Gasteiger partial charge in [0.1, 0.15) is 5.76 Å². The Morgan fingerprint density at radius 1 is 1.67 bits per heavy atom. The van der Waals surface area contributed by atoms with Gasteiger partial charge in [-0.3, -0.25) is 0 Å². The molecule has 0 saturated carbocycles. The van der Waals surface area contributed by atoms with Gasteiger partial charge >= 0.3 is 5.97 Å². The maximum absolute atomic E-state index is 11.0. The molecule has 12 heavy (non-hydrogen) atoms. The Morgan fingerprint density at radius 2 is 2.42 bits per heavy atom. The van der Waals surface area contributed by atoms with Crippen molar-refractivity contribution in [3.63, 3.8) is 0 Å². The number of carbonyl (C=O) groups is 1. The van der Waals surface area contributed by atoms with Gasteiger partial charge in [-0.2, -0.15) is 0 Å². The predicted molar refractivity (Wildman–Crippen MR) is 44.0 cm³/mol. The Bertz CT molecular complexity index is 296. The van der Waals surface area contributed by atoms with Crippen LogP contribution in [-0.4, -0.2) is 5.97 Å². The van der Waals surface area contributed by atoms with Gasteiger partial charge in [0, 0.05) is 0 Å². The Morgan fingerprint density at radius 3 is 2.92 bits per heavy atom. The fourth-order valence-corrected chi connectivity index (χ4v) is 0.698. The van der Waals surface area contributed by atoms with Crippen LogP contribution >= 0.6 is 0 Å². The second-order valence-electron chi connectivity index (χ2n) is 2.03. The lowest BCUT2D eigenvalue weighted by molar-refractivity contribution is -0.131. The van der Waals surface area contributed by atoms with Gasteiger partial charge < -0.3 is 9.15 Å². The third-order valence-electron chi connectivity index (χ3n) is 1.26. The molecule has 0 radical (unpaired) electrons. The number of carbonyl (C=O) groups excluding carboxylic acids is 1. The summed E-state index contributed by atoms with van der Waals surface area (Å²) < 4.78 is 9.42. The van der Waals surface area contributed by atoms with E-state index in [9.17, 15) is 4.79 Å². The molecule has 0 aromatic carbocycles. The van der Waals surface area contributed by atoms with Gasteiger partial charge in [0.15, 0.2) is 0 Å². The molecule has 0 bridgehead atoms. The van der Waals surface area contributed by atoms with E-state index in [0.717, 1.165) is 6.26 Å². The smallest absolute Gasteiger partial charge is 0.346 e. The highest BCUT2D eigenvalue weighted by Crippen LogP contribution is 2.13. The van der Waals surface area contributed by atoms with Crippen LogP contribution in [0.5, 0.6) is 0 Å². The van der Waals surface area contributed by atoms with E-state index < -0.39 is 5.97 Å². The van der Waals surface area contributed by atoms with Gasteiger partial charge in [-0.05, 0) is 12.1 Å². The van der Waals surface area contributed by atoms with Gasteiger partial charge in [0.25, 0.3) is 0 Å². The van der Waals surface area contributed by atoms with Crippen molar-refractivity contribution in [3.8, 4) is 0 Å². The van der Waals surface area contributed by atoms with Crippen molar-refractivity contribution < 1.29 is 13.9 Å².